The summed E-state index contributed by atoms with van der Waals surface area (Å²) < 4.78 is 2.36. The van der Waals surface area contributed by atoms with Crippen molar-refractivity contribution < 1.29 is 0 Å². The van der Waals surface area contributed by atoms with Gasteiger partial charge in [0.05, 0.1) is 11.0 Å². The molecular formula is C36H21N3. The fraction of sp³-hybridized carbons (Fsp3) is 0. The Morgan fingerprint density at radius 1 is 0.462 bits per heavy atom. The van der Waals surface area contributed by atoms with Crippen LogP contribution in [0.3, 0.4) is 0 Å². The second-order valence-electron chi connectivity index (χ2n) is 10.3. The Balaban J connectivity index is 1.24. The number of aromatic nitrogens is 3. The lowest BCUT2D eigenvalue weighted by atomic mass is 9.96. The minimum absolute atomic E-state index is 1.14. The van der Waals surface area contributed by atoms with Gasteiger partial charge < -0.3 is 4.57 Å². The summed E-state index contributed by atoms with van der Waals surface area (Å²) in [6.07, 6.45) is 7.88. The molecular weight excluding hydrogens is 474 g/mol. The van der Waals surface area contributed by atoms with Crippen LogP contribution in [0, 0.1) is 0 Å². The molecule has 0 saturated heterocycles. The van der Waals surface area contributed by atoms with Gasteiger partial charge >= 0.3 is 0 Å². The van der Waals surface area contributed by atoms with Crippen LogP contribution in [0.4, 0.5) is 0 Å². The lowest BCUT2D eigenvalue weighted by molar-refractivity contribution is 1.18. The zero-order valence-electron chi connectivity index (χ0n) is 21.0. The second kappa shape index (κ2) is 7.62. The lowest BCUT2D eigenvalue weighted by Gasteiger charge is -2.12. The summed E-state index contributed by atoms with van der Waals surface area (Å²) in [5.41, 5.74) is 11.0. The van der Waals surface area contributed by atoms with Gasteiger partial charge in [-0.2, -0.15) is 0 Å². The third-order valence-corrected chi connectivity index (χ3v) is 8.30. The molecule has 3 heterocycles. The van der Waals surface area contributed by atoms with Gasteiger partial charge in [0, 0.05) is 57.6 Å². The van der Waals surface area contributed by atoms with Gasteiger partial charge in [0.1, 0.15) is 0 Å². The average Bonchev–Trinajstić information content (AvgIpc) is 3.50. The number of benzene rings is 5. The third-order valence-electron chi connectivity index (χ3n) is 8.30. The average molecular weight is 496 g/mol. The molecule has 0 fully saturated rings. The highest BCUT2D eigenvalue weighted by molar-refractivity contribution is 6.18. The van der Waals surface area contributed by atoms with Crippen LogP contribution in [0.2, 0.25) is 0 Å². The van der Waals surface area contributed by atoms with Gasteiger partial charge in [-0.1, -0.05) is 72.8 Å². The molecule has 1 aliphatic carbocycles. The molecule has 8 aromatic rings. The first kappa shape index (κ1) is 20.7. The van der Waals surface area contributed by atoms with Crippen LogP contribution in [0.15, 0.2) is 128 Å². The number of pyridine rings is 2. The molecule has 0 amide bonds. The van der Waals surface area contributed by atoms with Crippen molar-refractivity contribution in [2.45, 2.75) is 0 Å². The zero-order valence-corrected chi connectivity index (χ0v) is 21.0. The van der Waals surface area contributed by atoms with E-state index in [-0.39, 0.29) is 0 Å². The number of hydrogen-bond acceptors (Lipinski definition) is 2. The Hall–Kier alpha value is -5.28. The molecule has 0 atom stereocenters. The summed E-state index contributed by atoms with van der Waals surface area (Å²) in [6.45, 7) is 0. The van der Waals surface area contributed by atoms with Gasteiger partial charge in [0.2, 0.25) is 0 Å². The number of hydrogen-bond donors (Lipinski definition) is 0. The second-order valence-corrected chi connectivity index (χ2v) is 10.3. The van der Waals surface area contributed by atoms with Crippen LogP contribution in [0.1, 0.15) is 0 Å². The maximum absolute atomic E-state index is 4.64. The van der Waals surface area contributed by atoms with Gasteiger partial charge in [-0.3, -0.25) is 9.97 Å². The first-order valence-electron chi connectivity index (χ1n) is 13.2. The van der Waals surface area contributed by atoms with Gasteiger partial charge in [0.25, 0.3) is 0 Å². The number of nitrogens with zero attached hydrogens (tertiary/aromatic N) is 3. The van der Waals surface area contributed by atoms with Crippen molar-refractivity contribution in [3.8, 4) is 39.1 Å². The molecule has 1 aliphatic rings. The van der Waals surface area contributed by atoms with E-state index in [4.69, 9.17) is 0 Å². The minimum Gasteiger partial charge on any atom is -0.309 e. The standard InChI is InChI=1S/C36H21N3/c1-2-6-24-18-35-30(17-23(24)5-1)31-19-37-16-15-34(31)39(35)25-11-9-22(10-12-25)26-13-14-29-27-7-3-4-8-28(27)33-21-38-20-32(26)36(29)33/h1-21H. The molecule has 180 valence electrons. The minimum atomic E-state index is 1.14. The Morgan fingerprint density at radius 2 is 1.18 bits per heavy atom. The van der Waals surface area contributed by atoms with E-state index in [9.17, 15) is 0 Å². The summed E-state index contributed by atoms with van der Waals surface area (Å²) in [5, 5.41) is 7.36. The molecule has 0 bridgehead atoms. The Bertz CT molecular complexity index is 2240. The van der Waals surface area contributed by atoms with Crippen molar-refractivity contribution in [1.82, 2.24) is 14.5 Å². The van der Waals surface area contributed by atoms with Crippen molar-refractivity contribution in [2.24, 2.45) is 0 Å². The Labute approximate surface area is 224 Å². The molecule has 0 N–H and O–H groups in total. The van der Waals surface area contributed by atoms with Crippen LogP contribution in [-0.2, 0) is 0 Å². The lowest BCUT2D eigenvalue weighted by Crippen LogP contribution is -1.94. The SMILES string of the molecule is c1ccc2c(c1)-c1ccc(-c3ccc(-n4c5ccncc5c5cc6ccccc6cc54)cc3)c3cncc-2c13. The quantitative estimate of drug-likeness (QED) is 0.239. The van der Waals surface area contributed by atoms with Crippen molar-refractivity contribution in [3.05, 3.63) is 128 Å². The van der Waals surface area contributed by atoms with Gasteiger partial charge in [-0.05, 0) is 68.9 Å². The maximum atomic E-state index is 4.64. The van der Waals surface area contributed by atoms with Crippen LogP contribution < -0.4 is 0 Å². The highest BCUT2D eigenvalue weighted by Crippen LogP contribution is 2.48. The highest BCUT2D eigenvalue weighted by atomic mass is 15.0. The smallest absolute Gasteiger partial charge is 0.0571 e. The summed E-state index contributed by atoms with van der Waals surface area (Å²) in [5.74, 6) is 0. The predicted molar refractivity (Wildman–Crippen MR) is 161 cm³/mol. The summed E-state index contributed by atoms with van der Waals surface area (Å²) in [4.78, 5) is 9.09. The molecule has 3 nitrogen and oxygen atoms in total. The number of rotatable bonds is 2. The fourth-order valence-corrected chi connectivity index (χ4v) is 6.54. The molecule has 9 rings (SSSR count). The van der Waals surface area contributed by atoms with Gasteiger partial charge in [-0.25, -0.2) is 0 Å². The van der Waals surface area contributed by atoms with E-state index in [0.29, 0.717) is 0 Å². The molecule has 0 aliphatic heterocycles. The van der Waals surface area contributed by atoms with E-state index >= 15 is 0 Å². The summed E-state index contributed by atoms with van der Waals surface area (Å²) in [7, 11) is 0. The zero-order chi connectivity index (χ0) is 25.5. The first-order chi connectivity index (χ1) is 19.3. The molecule has 3 aromatic heterocycles. The van der Waals surface area contributed by atoms with E-state index in [2.05, 4.69) is 118 Å². The summed E-state index contributed by atoms with van der Waals surface area (Å²) >= 11 is 0. The molecule has 0 saturated carbocycles. The topological polar surface area (TPSA) is 30.7 Å². The van der Waals surface area contributed by atoms with Crippen LogP contribution in [0.5, 0.6) is 0 Å². The molecule has 5 aromatic carbocycles. The van der Waals surface area contributed by atoms with E-state index in [0.717, 1.165) is 11.2 Å². The highest BCUT2D eigenvalue weighted by Gasteiger charge is 2.22. The third kappa shape index (κ3) is 2.82. The van der Waals surface area contributed by atoms with E-state index in [1.165, 1.54) is 71.2 Å². The largest absolute Gasteiger partial charge is 0.309 e. The molecule has 39 heavy (non-hydrogen) atoms. The first-order valence-corrected chi connectivity index (χ1v) is 13.2. The van der Waals surface area contributed by atoms with Crippen molar-refractivity contribution in [2.75, 3.05) is 0 Å². The van der Waals surface area contributed by atoms with E-state index in [1.54, 1.807) is 0 Å². The van der Waals surface area contributed by atoms with Crippen LogP contribution >= 0.6 is 0 Å². The Kier molecular flexibility index (Phi) is 4.05. The van der Waals surface area contributed by atoms with Crippen molar-refractivity contribution >= 4 is 43.4 Å². The van der Waals surface area contributed by atoms with Gasteiger partial charge in [0.15, 0.2) is 0 Å². The molecule has 0 unspecified atom stereocenters. The maximum Gasteiger partial charge on any atom is 0.0571 e. The van der Waals surface area contributed by atoms with Crippen LogP contribution in [0.25, 0.3) is 82.4 Å². The van der Waals surface area contributed by atoms with E-state index < -0.39 is 0 Å². The monoisotopic (exact) mass is 495 g/mol. The van der Waals surface area contributed by atoms with Crippen molar-refractivity contribution in [1.29, 1.82) is 0 Å². The molecule has 3 heteroatoms. The normalized spacial score (nSPS) is 12.1. The van der Waals surface area contributed by atoms with Gasteiger partial charge in [-0.15, -0.1) is 0 Å². The molecule has 0 radical (unpaired) electrons. The Morgan fingerprint density at radius 3 is 2.03 bits per heavy atom. The predicted octanol–water partition coefficient (Wildman–Crippen LogP) is 9.19. The number of fused-ring (bicyclic) bond motifs is 7. The summed E-state index contributed by atoms with van der Waals surface area (Å²) in [6, 6.07) is 37.3. The van der Waals surface area contributed by atoms with Crippen LogP contribution in [-0.4, -0.2) is 14.5 Å². The van der Waals surface area contributed by atoms with E-state index in [1.807, 2.05) is 24.8 Å². The fourth-order valence-electron chi connectivity index (χ4n) is 6.54. The van der Waals surface area contributed by atoms with Crippen molar-refractivity contribution in [3.63, 3.8) is 0 Å². The molecule has 0 spiro atoms.